The maximum atomic E-state index is 13.9. The number of ether oxygens (including phenoxy) is 1. The number of aliphatic hydroxyl groups excluding tert-OH is 1. The fourth-order valence-corrected chi connectivity index (χ4v) is 2.75. The molecule has 5 heteroatoms. The molecular weight excluding hydrogens is 252 g/mol. The van der Waals surface area contributed by atoms with Crippen LogP contribution >= 0.6 is 0 Å². The van der Waals surface area contributed by atoms with E-state index < -0.39 is 30.1 Å². The van der Waals surface area contributed by atoms with Gasteiger partial charge in [0, 0.05) is 11.5 Å². The van der Waals surface area contributed by atoms with Crippen LogP contribution in [0.15, 0.2) is 24.3 Å². The second kappa shape index (κ2) is 5.53. The summed E-state index contributed by atoms with van der Waals surface area (Å²) in [4.78, 5) is 0. The van der Waals surface area contributed by atoms with Gasteiger partial charge in [0.25, 0.3) is 0 Å². The molecule has 1 saturated heterocycles. The van der Waals surface area contributed by atoms with Crippen molar-refractivity contribution in [2.24, 2.45) is 11.7 Å². The molecule has 2 rings (SSSR count). The fourth-order valence-electron chi connectivity index (χ4n) is 2.75. The minimum absolute atomic E-state index is 0.0663. The topological polar surface area (TPSA) is 55.5 Å². The molecule has 0 aromatic heterocycles. The highest BCUT2D eigenvalue weighted by atomic mass is 19.1. The molecule has 0 bridgehead atoms. The molecular formula is C14H19F2NO2. The summed E-state index contributed by atoms with van der Waals surface area (Å²) in [5, 5.41) is 9.86. The highest BCUT2D eigenvalue weighted by Crippen LogP contribution is 2.38. The molecule has 1 heterocycles. The molecule has 1 aromatic carbocycles. The van der Waals surface area contributed by atoms with Crippen LogP contribution in [0, 0.1) is 11.7 Å². The van der Waals surface area contributed by atoms with Crippen LogP contribution in [-0.4, -0.2) is 30.6 Å². The van der Waals surface area contributed by atoms with Gasteiger partial charge in [0.15, 0.2) is 0 Å². The second-order valence-electron chi connectivity index (χ2n) is 5.21. The molecule has 0 aliphatic carbocycles. The van der Waals surface area contributed by atoms with E-state index in [-0.39, 0.29) is 18.3 Å². The van der Waals surface area contributed by atoms with Crippen molar-refractivity contribution in [2.45, 2.75) is 31.1 Å². The smallest absolute Gasteiger partial charge is 0.128 e. The zero-order valence-electron chi connectivity index (χ0n) is 10.9. The minimum atomic E-state index is -1.21. The molecule has 106 valence electrons. The average molecular weight is 271 g/mol. The molecule has 3 nitrogen and oxygen atoms in total. The predicted octanol–water partition coefficient (Wildman–Crippen LogP) is 1.74. The highest BCUT2D eigenvalue weighted by Gasteiger charge is 2.46. The SMILES string of the molecule is CC1CC(C(O)CF)C(N)(c2ccccc2F)CO1. The van der Waals surface area contributed by atoms with Gasteiger partial charge in [0.2, 0.25) is 0 Å². The van der Waals surface area contributed by atoms with Crippen LogP contribution in [0.4, 0.5) is 8.78 Å². The minimum Gasteiger partial charge on any atom is -0.390 e. The molecule has 1 aromatic rings. The van der Waals surface area contributed by atoms with Crippen molar-refractivity contribution in [3.8, 4) is 0 Å². The number of halogens is 2. The Hall–Kier alpha value is -1.04. The van der Waals surface area contributed by atoms with Gasteiger partial charge in [0.1, 0.15) is 12.5 Å². The van der Waals surface area contributed by atoms with Gasteiger partial charge in [-0.2, -0.15) is 0 Å². The third-order valence-electron chi connectivity index (χ3n) is 3.85. The van der Waals surface area contributed by atoms with E-state index in [1.165, 1.54) is 6.07 Å². The van der Waals surface area contributed by atoms with Crippen LogP contribution in [0.5, 0.6) is 0 Å². The quantitative estimate of drug-likeness (QED) is 0.880. The van der Waals surface area contributed by atoms with E-state index >= 15 is 0 Å². The van der Waals surface area contributed by atoms with E-state index in [1.807, 2.05) is 6.92 Å². The molecule has 0 saturated carbocycles. The van der Waals surface area contributed by atoms with Crippen LogP contribution in [0.25, 0.3) is 0 Å². The van der Waals surface area contributed by atoms with Crippen molar-refractivity contribution in [3.63, 3.8) is 0 Å². The molecule has 19 heavy (non-hydrogen) atoms. The van der Waals surface area contributed by atoms with E-state index in [1.54, 1.807) is 18.2 Å². The molecule has 0 spiro atoms. The Morgan fingerprint density at radius 1 is 1.53 bits per heavy atom. The zero-order chi connectivity index (χ0) is 14.0. The van der Waals surface area contributed by atoms with E-state index in [2.05, 4.69) is 0 Å². The third-order valence-corrected chi connectivity index (χ3v) is 3.85. The van der Waals surface area contributed by atoms with Crippen LogP contribution in [0.3, 0.4) is 0 Å². The first-order valence-corrected chi connectivity index (χ1v) is 6.38. The number of benzene rings is 1. The second-order valence-corrected chi connectivity index (χ2v) is 5.21. The molecule has 1 fully saturated rings. The van der Waals surface area contributed by atoms with Crippen molar-refractivity contribution in [3.05, 3.63) is 35.6 Å². The van der Waals surface area contributed by atoms with E-state index in [9.17, 15) is 13.9 Å². The summed E-state index contributed by atoms with van der Waals surface area (Å²) in [5.74, 6) is -1.03. The van der Waals surface area contributed by atoms with Crippen molar-refractivity contribution in [2.75, 3.05) is 13.3 Å². The van der Waals surface area contributed by atoms with E-state index in [4.69, 9.17) is 10.5 Å². The maximum Gasteiger partial charge on any atom is 0.128 e. The van der Waals surface area contributed by atoms with Crippen molar-refractivity contribution >= 4 is 0 Å². The molecule has 1 aliphatic rings. The third kappa shape index (κ3) is 2.63. The highest BCUT2D eigenvalue weighted by molar-refractivity contribution is 5.28. The monoisotopic (exact) mass is 271 g/mol. The number of hydrogen-bond donors (Lipinski definition) is 2. The Labute approximate surface area is 111 Å². The van der Waals surface area contributed by atoms with Crippen LogP contribution < -0.4 is 5.73 Å². The van der Waals surface area contributed by atoms with Gasteiger partial charge in [-0.05, 0) is 19.4 Å². The summed E-state index contributed by atoms with van der Waals surface area (Å²) in [6.45, 7) is 1.00. The van der Waals surface area contributed by atoms with Gasteiger partial charge in [-0.25, -0.2) is 8.78 Å². The fraction of sp³-hybridized carbons (Fsp3) is 0.571. The lowest BCUT2D eigenvalue weighted by Gasteiger charge is -2.45. The van der Waals surface area contributed by atoms with Gasteiger partial charge in [0.05, 0.1) is 24.4 Å². The Kier molecular flexibility index (Phi) is 4.18. The van der Waals surface area contributed by atoms with Crippen LogP contribution in [-0.2, 0) is 10.3 Å². The number of rotatable bonds is 3. The molecule has 1 aliphatic heterocycles. The zero-order valence-corrected chi connectivity index (χ0v) is 10.9. The van der Waals surface area contributed by atoms with Gasteiger partial charge >= 0.3 is 0 Å². The largest absolute Gasteiger partial charge is 0.390 e. The van der Waals surface area contributed by atoms with Gasteiger partial charge in [-0.15, -0.1) is 0 Å². The molecule has 4 unspecified atom stereocenters. The Morgan fingerprint density at radius 3 is 2.84 bits per heavy atom. The summed E-state index contributed by atoms with van der Waals surface area (Å²) in [6, 6.07) is 6.10. The Bertz CT molecular complexity index is 443. The Morgan fingerprint density at radius 2 is 2.21 bits per heavy atom. The normalized spacial score (nSPS) is 33.1. The molecule has 0 radical (unpaired) electrons. The predicted molar refractivity (Wildman–Crippen MR) is 67.8 cm³/mol. The first-order chi connectivity index (χ1) is 8.99. The van der Waals surface area contributed by atoms with Gasteiger partial charge < -0.3 is 15.6 Å². The van der Waals surface area contributed by atoms with Crippen LogP contribution in [0.2, 0.25) is 0 Å². The van der Waals surface area contributed by atoms with Crippen molar-refractivity contribution in [1.82, 2.24) is 0 Å². The van der Waals surface area contributed by atoms with E-state index in [0.29, 0.717) is 6.42 Å². The van der Waals surface area contributed by atoms with Crippen LogP contribution in [0.1, 0.15) is 18.9 Å². The maximum absolute atomic E-state index is 13.9. The van der Waals surface area contributed by atoms with Crippen molar-refractivity contribution in [1.29, 1.82) is 0 Å². The summed E-state index contributed by atoms with van der Waals surface area (Å²) < 4.78 is 32.3. The Balaban J connectivity index is 2.40. The number of nitrogens with two attached hydrogens (primary N) is 1. The number of aliphatic hydroxyl groups is 1. The molecule has 0 amide bonds. The van der Waals surface area contributed by atoms with Gasteiger partial charge in [-0.1, -0.05) is 18.2 Å². The van der Waals surface area contributed by atoms with E-state index in [0.717, 1.165) is 0 Å². The summed E-state index contributed by atoms with van der Waals surface area (Å²) >= 11 is 0. The lowest BCUT2D eigenvalue weighted by Crippen LogP contribution is -2.57. The first kappa shape index (κ1) is 14.4. The molecule has 4 atom stereocenters. The number of hydrogen-bond acceptors (Lipinski definition) is 3. The summed E-state index contributed by atoms with van der Waals surface area (Å²) in [5.41, 5.74) is 5.33. The first-order valence-electron chi connectivity index (χ1n) is 6.38. The van der Waals surface area contributed by atoms with Gasteiger partial charge in [-0.3, -0.25) is 0 Å². The lowest BCUT2D eigenvalue weighted by molar-refractivity contribution is -0.0947. The number of alkyl halides is 1. The standard InChI is InChI=1S/C14H19F2NO2/c1-9-6-11(13(18)7-15)14(17,8-19-9)10-4-2-3-5-12(10)16/h2-5,9,11,13,18H,6-8,17H2,1H3. The summed E-state index contributed by atoms with van der Waals surface area (Å²) in [7, 11) is 0. The average Bonchev–Trinajstić information content (AvgIpc) is 2.41. The summed E-state index contributed by atoms with van der Waals surface area (Å²) in [6.07, 6.45) is -0.943. The lowest BCUT2D eigenvalue weighted by atomic mass is 9.72. The molecule has 3 N–H and O–H groups in total. The van der Waals surface area contributed by atoms with Crippen molar-refractivity contribution < 1.29 is 18.6 Å².